The molecule has 0 aliphatic carbocycles. The van der Waals surface area contributed by atoms with Gasteiger partial charge in [-0.25, -0.2) is 8.42 Å². The molecule has 0 atom stereocenters. The molecule has 0 spiro atoms. The summed E-state index contributed by atoms with van der Waals surface area (Å²) in [5, 5.41) is 0. The number of carbonyl (C=O) groups excluding carboxylic acids is 1. The van der Waals surface area contributed by atoms with Crippen molar-refractivity contribution in [2.45, 2.75) is 12.8 Å². The maximum absolute atomic E-state index is 12.1. The van der Waals surface area contributed by atoms with E-state index >= 15 is 0 Å². The monoisotopic (exact) mass is 282 g/mol. The Kier molecular flexibility index (Phi) is 4.09. The van der Waals surface area contributed by atoms with Crippen LogP contribution in [0.4, 0.5) is 5.69 Å². The maximum atomic E-state index is 12.1. The molecule has 1 aromatic carbocycles. The Bertz CT molecular complexity index is 569. The molecule has 6 heteroatoms. The zero-order valence-corrected chi connectivity index (χ0v) is 11.5. The van der Waals surface area contributed by atoms with E-state index in [1.54, 1.807) is 17.0 Å². The Labute approximate surface area is 113 Å². The van der Waals surface area contributed by atoms with E-state index in [1.165, 1.54) is 0 Å². The molecule has 0 aromatic heterocycles. The third kappa shape index (κ3) is 3.96. The molecular weight excluding hydrogens is 264 g/mol. The molecule has 1 aromatic rings. The number of anilines is 1. The minimum Gasteiger partial charge on any atom is -0.399 e. The van der Waals surface area contributed by atoms with Crippen molar-refractivity contribution in [3.63, 3.8) is 0 Å². The van der Waals surface area contributed by atoms with Gasteiger partial charge in [-0.1, -0.05) is 12.1 Å². The molecule has 2 N–H and O–H groups in total. The van der Waals surface area contributed by atoms with Crippen molar-refractivity contribution in [2.24, 2.45) is 0 Å². The fourth-order valence-corrected chi connectivity index (χ4v) is 3.45. The van der Waals surface area contributed by atoms with Crippen molar-refractivity contribution in [3.8, 4) is 0 Å². The van der Waals surface area contributed by atoms with Crippen molar-refractivity contribution in [1.82, 2.24) is 4.90 Å². The first-order valence-electron chi connectivity index (χ1n) is 6.29. The summed E-state index contributed by atoms with van der Waals surface area (Å²) in [6.07, 6.45) is 0.788. The van der Waals surface area contributed by atoms with Crippen LogP contribution in [0.3, 0.4) is 0 Å². The van der Waals surface area contributed by atoms with Crippen LogP contribution in [0.15, 0.2) is 24.3 Å². The topological polar surface area (TPSA) is 80.5 Å². The van der Waals surface area contributed by atoms with Crippen molar-refractivity contribution >= 4 is 21.4 Å². The third-order valence-electron chi connectivity index (χ3n) is 3.21. The molecule has 0 bridgehead atoms. The molecule has 1 saturated heterocycles. The summed E-state index contributed by atoms with van der Waals surface area (Å²) in [6.45, 7) is 0.809. The lowest BCUT2D eigenvalue weighted by Gasteiger charge is -2.19. The molecule has 0 unspecified atom stereocenters. The number of nitrogens with two attached hydrogens (primary N) is 1. The summed E-state index contributed by atoms with van der Waals surface area (Å²) < 4.78 is 23.0. The quantitative estimate of drug-likeness (QED) is 0.799. The second-order valence-corrected chi connectivity index (χ2v) is 7.11. The van der Waals surface area contributed by atoms with E-state index in [0.29, 0.717) is 25.2 Å². The Morgan fingerprint density at radius 2 is 2.05 bits per heavy atom. The van der Waals surface area contributed by atoms with E-state index < -0.39 is 9.84 Å². The minimum atomic E-state index is -2.98. The van der Waals surface area contributed by atoms with Gasteiger partial charge in [-0.3, -0.25) is 4.79 Å². The smallest absolute Gasteiger partial charge is 0.227 e. The number of hydrogen-bond donors (Lipinski definition) is 1. The van der Waals surface area contributed by atoms with Gasteiger partial charge >= 0.3 is 0 Å². The van der Waals surface area contributed by atoms with Crippen LogP contribution in [-0.2, 0) is 21.1 Å². The zero-order chi connectivity index (χ0) is 13.9. The Hall–Kier alpha value is -1.56. The highest BCUT2D eigenvalue weighted by Gasteiger charge is 2.22. The standard InChI is InChI=1S/C13H18N2O3S/c14-12-4-1-3-11(9-12)10-13(16)15-5-2-7-19(17,18)8-6-15/h1,3-4,9H,2,5-8,10,14H2. The van der Waals surface area contributed by atoms with Crippen LogP contribution in [0.2, 0.25) is 0 Å². The lowest BCUT2D eigenvalue weighted by Crippen LogP contribution is -2.34. The largest absolute Gasteiger partial charge is 0.399 e. The van der Waals surface area contributed by atoms with Crippen LogP contribution < -0.4 is 5.73 Å². The van der Waals surface area contributed by atoms with Crippen LogP contribution >= 0.6 is 0 Å². The second kappa shape index (κ2) is 5.61. The predicted octanol–water partition coefficient (Wildman–Crippen LogP) is 0.458. The maximum Gasteiger partial charge on any atom is 0.227 e. The van der Waals surface area contributed by atoms with Crippen LogP contribution in [0.25, 0.3) is 0 Å². The van der Waals surface area contributed by atoms with Gasteiger partial charge in [-0.15, -0.1) is 0 Å². The van der Waals surface area contributed by atoms with Crippen LogP contribution in [-0.4, -0.2) is 43.8 Å². The molecule has 104 valence electrons. The number of benzene rings is 1. The van der Waals surface area contributed by atoms with Gasteiger partial charge in [-0.2, -0.15) is 0 Å². The van der Waals surface area contributed by atoms with Gasteiger partial charge in [0.1, 0.15) is 0 Å². The Morgan fingerprint density at radius 1 is 1.26 bits per heavy atom. The third-order valence-corrected chi connectivity index (χ3v) is 4.93. The minimum absolute atomic E-state index is 0.0392. The first-order valence-corrected chi connectivity index (χ1v) is 8.11. The van der Waals surface area contributed by atoms with E-state index in [1.807, 2.05) is 12.1 Å². The molecule has 2 rings (SSSR count). The van der Waals surface area contributed by atoms with Crippen molar-refractivity contribution in [2.75, 3.05) is 30.3 Å². The van der Waals surface area contributed by atoms with Gasteiger partial charge < -0.3 is 10.6 Å². The summed E-state index contributed by atoms with van der Waals surface area (Å²) in [7, 11) is -2.98. The van der Waals surface area contributed by atoms with Gasteiger partial charge in [0.2, 0.25) is 5.91 Å². The number of rotatable bonds is 2. The number of hydrogen-bond acceptors (Lipinski definition) is 4. The van der Waals surface area contributed by atoms with Gasteiger partial charge in [0.15, 0.2) is 9.84 Å². The fourth-order valence-electron chi connectivity index (χ4n) is 2.18. The van der Waals surface area contributed by atoms with Crippen molar-refractivity contribution in [1.29, 1.82) is 0 Å². The van der Waals surface area contributed by atoms with E-state index in [-0.39, 0.29) is 23.8 Å². The number of carbonyl (C=O) groups is 1. The van der Waals surface area contributed by atoms with Crippen LogP contribution in [0, 0.1) is 0 Å². The fraction of sp³-hybridized carbons (Fsp3) is 0.462. The first kappa shape index (κ1) is 13.9. The molecular formula is C13H18N2O3S. The molecule has 1 aliphatic rings. The molecule has 1 amide bonds. The van der Waals surface area contributed by atoms with E-state index in [0.717, 1.165) is 5.56 Å². The van der Waals surface area contributed by atoms with Gasteiger partial charge in [-0.05, 0) is 24.1 Å². The molecule has 1 aliphatic heterocycles. The highest BCUT2D eigenvalue weighted by atomic mass is 32.2. The number of nitrogens with zero attached hydrogens (tertiary/aromatic N) is 1. The molecule has 1 heterocycles. The van der Waals surface area contributed by atoms with Crippen LogP contribution in [0.1, 0.15) is 12.0 Å². The Balaban J connectivity index is 2.00. The molecule has 19 heavy (non-hydrogen) atoms. The van der Waals surface area contributed by atoms with E-state index in [4.69, 9.17) is 5.73 Å². The summed E-state index contributed by atoms with van der Waals surface area (Å²) in [5.74, 6) is 0.202. The zero-order valence-electron chi connectivity index (χ0n) is 10.7. The number of amides is 1. The van der Waals surface area contributed by atoms with Gasteiger partial charge in [0.05, 0.1) is 17.9 Å². The lowest BCUT2D eigenvalue weighted by atomic mass is 10.1. The van der Waals surface area contributed by atoms with Gasteiger partial charge in [0.25, 0.3) is 0 Å². The summed E-state index contributed by atoms with van der Waals surface area (Å²) in [4.78, 5) is 13.8. The Morgan fingerprint density at radius 3 is 2.79 bits per heavy atom. The summed E-state index contributed by atoms with van der Waals surface area (Å²) >= 11 is 0. The van der Waals surface area contributed by atoms with Crippen molar-refractivity contribution in [3.05, 3.63) is 29.8 Å². The normalized spacial score (nSPS) is 18.8. The first-order chi connectivity index (χ1) is 8.96. The van der Waals surface area contributed by atoms with Crippen LogP contribution in [0.5, 0.6) is 0 Å². The number of nitrogen functional groups attached to an aromatic ring is 1. The SMILES string of the molecule is Nc1cccc(CC(=O)N2CCCS(=O)(=O)CC2)c1. The molecule has 0 saturated carbocycles. The molecule has 1 fully saturated rings. The molecule has 5 nitrogen and oxygen atoms in total. The summed E-state index contributed by atoms with van der Waals surface area (Å²) in [6, 6.07) is 7.20. The lowest BCUT2D eigenvalue weighted by molar-refractivity contribution is -0.130. The highest BCUT2D eigenvalue weighted by molar-refractivity contribution is 7.91. The average molecular weight is 282 g/mol. The molecule has 0 radical (unpaired) electrons. The second-order valence-electron chi connectivity index (χ2n) is 4.81. The predicted molar refractivity (Wildman–Crippen MR) is 74.4 cm³/mol. The van der Waals surface area contributed by atoms with E-state index in [2.05, 4.69) is 0 Å². The highest BCUT2D eigenvalue weighted by Crippen LogP contribution is 2.11. The summed E-state index contributed by atoms with van der Waals surface area (Å²) in [5.41, 5.74) is 7.16. The average Bonchev–Trinajstić information content (AvgIpc) is 2.50. The van der Waals surface area contributed by atoms with Crippen molar-refractivity contribution < 1.29 is 13.2 Å². The van der Waals surface area contributed by atoms with Gasteiger partial charge in [0, 0.05) is 18.8 Å². The van der Waals surface area contributed by atoms with E-state index in [9.17, 15) is 13.2 Å². The number of sulfone groups is 1.